The van der Waals surface area contributed by atoms with Crippen molar-refractivity contribution in [3.8, 4) is 0 Å². The van der Waals surface area contributed by atoms with Crippen molar-refractivity contribution in [2.24, 2.45) is 0 Å². The summed E-state index contributed by atoms with van der Waals surface area (Å²) in [6.45, 7) is 8.25. The second kappa shape index (κ2) is 7.21. The van der Waals surface area contributed by atoms with Crippen LogP contribution >= 0.6 is 0 Å². The van der Waals surface area contributed by atoms with Gasteiger partial charge < -0.3 is 4.57 Å². The van der Waals surface area contributed by atoms with Crippen LogP contribution in [0, 0.1) is 13.8 Å². The Bertz CT molecular complexity index is 554. The summed E-state index contributed by atoms with van der Waals surface area (Å²) in [5.74, 6) is 0.322. The highest BCUT2D eigenvalue weighted by Crippen LogP contribution is 2.33. The number of carbonyl (C=O) groups is 1. The van der Waals surface area contributed by atoms with Crippen molar-refractivity contribution < 1.29 is 4.79 Å². The zero-order valence-electron chi connectivity index (χ0n) is 15.1. The molecule has 0 N–H and O–H groups in total. The highest BCUT2D eigenvalue weighted by molar-refractivity contribution is 5.99. The van der Waals surface area contributed by atoms with Crippen molar-refractivity contribution in [2.45, 2.75) is 84.2 Å². The van der Waals surface area contributed by atoms with E-state index in [0.29, 0.717) is 24.4 Å². The molecule has 128 valence electrons. The van der Waals surface area contributed by atoms with Crippen molar-refractivity contribution in [1.29, 1.82) is 0 Å². The van der Waals surface area contributed by atoms with Gasteiger partial charge in [0, 0.05) is 29.0 Å². The fraction of sp³-hybridized carbons (Fsp3) is 0.750. The molecule has 0 aromatic carbocycles. The van der Waals surface area contributed by atoms with E-state index in [9.17, 15) is 4.79 Å². The van der Waals surface area contributed by atoms with Gasteiger partial charge in [0.25, 0.3) is 0 Å². The SMILES string of the molecule is CCC1CCCCN1CC(=O)c1cc(C)n(C2CCCC2)c1C. The van der Waals surface area contributed by atoms with Gasteiger partial charge in [-0.05, 0) is 58.6 Å². The van der Waals surface area contributed by atoms with Gasteiger partial charge >= 0.3 is 0 Å². The molecule has 3 heteroatoms. The number of Topliss-reactive ketones (excluding diaryl/α,β-unsaturated/α-hetero) is 1. The number of hydrogen-bond donors (Lipinski definition) is 0. The molecular weight excluding hydrogens is 284 g/mol. The molecule has 1 saturated heterocycles. The van der Waals surface area contributed by atoms with Gasteiger partial charge in [0.2, 0.25) is 0 Å². The van der Waals surface area contributed by atoms with E-state index in [-0.39, 0.29) is 0 Å². The van der Waals surface area contributed by atoms with Crippen LogP contribution in [0.2, 0.25) is 0 Å². The minimum Gasteiger partial charge on any atom is -0.345 e. The summed E-state index contributed by atoms with van der Waals surface area (Å²) in [6, 6.07) is 3.36. The normalized spacial score (nSPS) is 23.5. The number of nitrogens with zero attached hydrogens (tertiary/aromatic N) is 2. The summed E-state index contributed by atoms with van der Waals surface area (Å²) in [6.07, 6.45) is 10.2. The van der Waals surface area contributed by atoms with Crippen molar-refractivity contribution in [3.63, 3.8) is 0 Å². The van der Waals surface area contributed by atoms with Crippen LogP contribution in [0.1, 0.15) is 86.1 Å². The molecule has 0 spiro atoms. The topological polar surface area (TPSA) is 25.2 Å². The van der Waals surface area contributed by atoms with E-state index in [1.54, 1.807) is 0 Å². The third-order valence-electron chi connectivity index (χ3n) is 6.04. The van der Waals surface area contributed by atoms with E-state index in [0.717, 1.165) is 18.5 Å². The zero-order valence-corrected chi connectivity index (χ0v) is 15.1. The lowest BCUT2D eigenvalue weighted by molar-refractivity contribution is 0.0837. The highest BCUT2D eigenvalue weighted by atomic mass is 16.1. The Labute approximate surface area is 141 Å². The molecule has 3 nitrogen and oxygen atoms in total. The standard InChI is InChI=1S/C20H32N2O/c1-4-17-9-7-8-12-21(17)14-20(23)19-13-15(2)22(16(19)3)18-10-5-6-11-18/h13,17-18H,4-12,14H2,1-3H3. The third kappa shape index (κ3) is 3.40. The van der Waals surface area contributed by atoms with Gasteiger partial charge in [0.15, 0.2) is 5.78 Å². The van der Waals surface area contributed by atoms with Gasteiger partial charge in [0.05, 0.1) is 6.54 Å². The third-order valence-corrected chi connectivity index (χ3v) is 6.04. The Kier molecular flexibility index (Phi) is 5.25. The van der Waals surface area contributed by atoms with Crippen LogP contribution in [0.15, 0.2) is 6.07 Å². The first-order valence-corrected chi connectivity index (χ1v) is 9.57. The van der Waals surface area contributed by atoms with Crippen LogP contribution in [-0.4, -0.2) is 34.4 Å². The predicted molar refractivity (Wildman–Crippen MR) is 95.2 cm³/mol. The molecule has 1 aromatic heterocycles. The van der Waals surface area contributed by atoms with Crippen LogP contribution < -0.4 is 0 Å². The minimum atomic E-state index is 0.322. The fourth-order valence-corrected chi connectivity index (χ4v) is 4.78. The summed E-state index contributed by atoms with van der Waals surface area (Å²) in [5.41, 5.74) is 3.43. The maximum atomic E-state index is 12.9. The Balaban J connectivity index is 1.75. The summed E-state index contributed by atoms with van der Waals surface area (Å²) < 4.78 is 2.44. The van der Waals surface area contributed by atoms with E-state index in [1.165, 1.54) is 56.3 Å². The first-order chi connectivity index (χ1) is 11.1. The zero-order chi connectivity index (χ0) is 16.4. The molecule has 3 rings (SSSR count). The van der Waals surface area contributed by atoms with E-state index in [4.69, 9.17) is 0 Å². The first-order valence-electron chi connectivity index (χ1n) is 9.57. The molecule has 1 aliphatic carbocycles. The van der Waals surface area contributed by atoms with E-state index in [2.05, 4.69) is 36.3 Å². The van der Waals surface area contributed by atoms with Gasteiger partial charge in [0.1, 0.15) is 0 Å². The molecule has 1 aliphatic heterocycles. The van der Waals surface area contributed by atoms with Crippen LogP contribution in [0.25, 0.3) is 0 Å². The van der Waals surface area contributed by atoms with Gasteiger partial charge in [-0.1, -0.05) is 26.2 Å². The quantitative estimate of drug-likeness (QED) is 0.738. The smallest absolute Gasteiger partial charge is 0.178 e. The first kappa shape index (κ1) is 16.8. The van der Waals surface area contributed by atoms with Crippen molar-refractivity contribution in [3.05, 3.63) is 23.0 Å². The lowest BCUT2D eigenvalue weighted by Gasteiger charge is -2.34. The maximum Gasteiger partial charge on any atom is 0.178 e. The van der Waals surface area contributed by atoms with Crippen LogP contribution in [0.5, 0.6) is 0 Å². The van der Waals surface area contributed by atoms with E-state index >= 15 is 0 Å². The average Bonchev–Trinajstić information content (AvgIpc) is 3.15. The Hall–Kier alpha value is -1.09. The Morgan fingerprint density at radius 1 is 1.13 bits per heavy atom. The van der Waals surface area contributed by atoms with Crippen LogP contribution in [0.3, 0.4) is 0 Å². The molecule has 0 bridgehead atoms. The lowest BCUT2D eigenvalue weighted by atomic mass is 9.99. The number of ketones is 1. The van der Waals surface area contributed by atoms with Crippen molar-refractivity contribution in [2.75, 3.05) is 13.1 Å². The Morgan fingerprint density at radius 3 is 2.52 bits per heavy atom. The average molecular weight is 316 g/mol. The fourth-order valence-electron chi connectivity index (χ4n) is 4.78. The number of carbonyl (C=O) groups excluding carboxylic acids is 1. The monoisotopic (exact) mass is 316 g/mol. The van der Waals surface area contributed by atoms with E-state index in [1.807, 2.05) is 0 Å². The van der Waals surface area contributed by atoms with Gasteiger partial charge in [-0.25, -0.2) is 0 Å². The number of aromatic nitrogens is 1. The van der Waals surface area contributed by atoms with E-state index < -0.39 is 0 Å². The predicted octanol–water partition coefficient (Wildman–Crippen LogP) is 4.67. The summed E-state index contributed by atoms with van der Waals surface area (Å²) in [7, 11) is 0. The van der Waals surface area contributed by atoms with Crippen LogP contribution in [0.4, 0.5) is 0 Å². The summed E-state index contributed by atoms with van der Waals surface area (Å²) >= 11 is 0. The molecule has 1 atom stereocenters. The number of piperidine rings is 1. The molecular formula is C20H32N2O. The largest absolute Gasteiger partial charge is 0.345 e. The number of aryl methyl sites for hydroxylation is 1. The van der Waals surface area contributed by atoms with Crippen molar-refractivity contribution >= 4 is 5.78 Å². The molecule has 0 amide bonds. The second-order valence-electron chi connectivity index (χ2n) is 7.54. The van der Waals surface area contributed by atoms with Crippen LogP contribution in [-0.2, 0) is 0 Å². The highest BCUT2D eigenvalue weighted by Gasteiger charge is 2.27. The molecule has 0 radical (unpaired) electrons. The number of hydrogen-bond acceptors (Lipinski definition) is 2. The summed E-state index contributed by atoms with van der Waals surface area (Å²) in [4.78, 5) is 15.3. The molecule has 1 unspecified atom stereocenters. The molecule has 2 aliphatic rings. The lowest BCUT2D eigenvalue weighted by Crippen LogP contribution is -2.42. The maximum absolute atomic E-state index is 12.9. The van der Waals surface area contributed by atoms with Crippen molar-refractivity contribution in [1.82, 2.24) is 9.47 Å². The molecule has 23 heavy (non-hydrogen) atoms. The minimum absolute atomic E-state index is 0.322. The van der Waals surface area contributed by atoms with Gasteiger partial charge in [-0.3, -0.25) is 9.69 Å². The molecule has 2 heterocycles. The van der Waals surface area contributed by atoms with Gasteiger partial charge in [-0.15, -0.1) is 0 Å². The second-order valence-corrected chi connectivity index (χ2v) is 7.54. The molecule has 1 aromatic rings. The molecule has 2 fully saturated rings. The number of rotatable bonds is 5. The summed E-state index contributed by atoms with van der Waals surface area (Å²) in [5, 5.41) is 0. The molecule has 1 saturated carbocycles. The number of likely N-dealkylation sites (tertiary alicyclic amines) is 1. The Morgan fingerprint density at radius 2 is 1.83 bits per heavy atom. The van der Waals surface area contributed by atoms with Gasteiger partial charge in [-0.2, -0.15) is 0 Å².